The van der Waals surface area contributed by atoms with Crippen LogP contribution >= 0.6 is 11.3 Å². The van der Waals surface area contributed by atoms with Crippen molar-refractivity contribution < 1.29 is 22.7 Å². The number of carbonyl (C=O) groups excluding carboxylic acids is 1. The summed E-state index contributed by atoms with van der Waals surface area (Å²) >= 11 is 1.73. The maximum absolute atomic E-state index is 11.9. The van der Waals surface area contributed by atoms with Gasteiger partial charge >= 0.3 is 6.18 Å². The number of nitrogens with zero attached hydrogens (tertiary/aromatic N) is 1. The first kappa shape index (κ1) is 18.2. The number of thiophene rings is 1. The maximum Gasteiger partial charge on any atom is 0.411 e. The fourth-order valence-corrected chi connectivity index (χ4v) is 3.40. The number of amides is 1. The van der Waals surface area contributed by atoms with E-state index >= 15 is 0 Å². The van der Waals surface area contributed by atoms with Crippen LogP contribution < -0.4 is 5.32 Å². The van der Waals surface area contributed by atoms with E-state index in [0.717, 1.165) is 32.5 Å². The summed E-state index contributed by atoms with van der Waals surface area (Å²) in [6.07, 6.45) is -2.31. The van der Waals surface area contributed by atoms with Crippen LogP contribution in [0.3, 0.4) is 0 Å². The average molecular weight is 350 g/mol. The van der Waals surface area contributed by atoms with Crippen LogP contribution in [0.4, 0.5) is 13.2 Å². The number of piperidine rings is 1. The quantitative estimate of drug-likeness (QED) is 0.822. The molecule has 1 aliphatic heterocycles. The molecular weight excluding hydrogens is 329 g/mol. The highest BCUT2D eigenvalue weighted by molar-refractivity contribution is 7.09. The fourth-order valence-electron chi connectivity index (χ4n) is 2.65. The third kappa shape index (κ3) is 7.32. The first-order valence-corrected chi connectivity index (χ1v) is 8.46. The Kier molecular flexibility index (Phi) is 6.86. The van der Waals surface area contributed by atoms with Crippen molar-refractivity contribution >= 4 is 17.2 Å². The maximum atomic E-state index is 11.9. The van der Waals surface area contributed by atoms with E-state index in [1.165, 1.54) is 4.88 Å². The molecule has 1 atom stereocenters. The van der Waals surface area contributed by atoms with Gasteiger partial charge in [0.15, 0.2) is 0 Å². The molecular formula is C15H21F3N2O2S. The van der Waals surface area contributed by atoms with Gasteiger partial charge in [-0.1, -0.05) is 6.07 Å². The molecule has 130 valence electrons. The van der Waals surface area contributed by atoms with E-state index in [1.54, 1.807) is 11.3 Å². The second-order valence-electron chi connectivity index (χ2n) is 5.73. The van der Waals surface area contributed by atoms with Crippen LogP contribution in [-0.4, -0.2) is 49.8 Å². The second-order valence-corrected chi connectivity index (χ2v) is 6.77. The van der Waals surface area contributed by atoms with Gasteiger partial charge in [-0.2, -0.15) is 13.2 Å². The summed E-state index contributed by atoms with van der Waals surface area (Å²) in [5, 5.41) is 4.72. The van der Waals surface area contributed by atoms with E-state index in [2.05, 4.69) is 26.4 Å². The Balaban J connectivity index is 1.64. The molecule has 1 saturated heterocycles. The van der Waals surface area contributed by atoms with Crippen molar-refractivity contribution in [1.82, 2.24) is 10.2 Å². The monoisotopic (exact) mass is 350 g/mol. The molecule has 1 fully saturated rings. The van der Waals surface area contributed by atoms with Crippen LogP contribution in [0.2, 0.25) is 0 Å². The van der Waals surface area contributed by atoms with Crippen LogP contribution in [0.15, 0.2) is 17.5 Å². The van der Waals surface area contributed by atoms with Crippen molar-refractivity contribution in [3.63, 3.8) is 0 Å². The van der Waals surface area contributed by atoms with E-state index < -0.39 is 25.3 Å². The molecule has 1 aromatic heterocycles. The Hall–Kier alpha value is -1.12. The number of hydrogen-bond acceptors (Lipinski definition) is 4. The summed E-state index contributed by atoms with van der Waals surface area (Å²) in [6, 6.07) is 4.14. The molecule has 1 unspecified atom stereocenters. The molecule has 1 aliphatic rings. The predicted molar refractivity (Wildman–Crippen MR) is 82.2 cm³/mol. The number of ether oxygens (including phenoxy) is 1. The van der Waals surface area contributed by atoms with Gasteiger partial charge < -0.3 is 10.1 Å². The lowest BCUT2D eigenvalue weighted by Crippen LogP contribution is -2.41. The molecule has 2 rings (SSSR count). The number of hydrogen-bond donors (Lipinski definition) is 1. The largest absolute Gasteiger partial charge is 0.411 e. The summed E-state index contributed by atoms with van der Waals surface area (Å²) in [4.78, 5) is 15.2. The van der Waals surface area contributed by atoms with Crippen LogP contribution in [0.25, 0.3) is 0 Å². The Labute approximate surface area is 137 Å². The van der Waals surface area contributed by atoms with Gasteiger partial charge in [0, 0.05) is 24.5 Å². The van der Waals surface area contributed by atoms with Crippen molar-refractivity contribution in [1.29, 1.82) is 0 Å². The normalized spacial score (nSPS) is 19.7. The van der Waals surface area contributed by atoms with E-state index in [9.17, 15) is 18.0 Å². The van der Waals surface area contributed by atoms with Crippen molar-refractivity contribution in [3.8, 4) is 0 Å². The lowest BCUT2D eigenvalue weighted by molar-refractivity contribution is -0.175. The zero-order chi connectivity index (χ0) is 16.7. The average Bonchev–Trinajstić information content (AvgIpc) is 2.97. The molecule has 0 radical (unpaired) electrons. The Morgan fingerprint density at radius 2 is 2.30 bits per heavy atom. The minimum atomic E-state index is -4.40. The van der Waals surface area contributed by atoms with E-state index in [0.29, 0.717) is 12.5 Å². The molecule has 1 aromatic rings. The summed E-state index contributed by atoms with van der Waals surface area (Å²) in [6.45, 7) is 1.38. The topological polar surface area (TPSA) is 41.6 Å². The van der Waals surface area contributed by atoms with Crippen LogP contribution in [0, 0.1) is 5.92 Å². The van der Waals surface area contributed by atoms with Crippen LogP contribution in [0.5, 0.6) is 0 Å². The fraction of sp³-hybridized carbons (Fsp3) is 0.667. The lowest BCUT2D eigenvalue weighted by atomic mass is 9.98. The Bertz CT molecular complexity index is 480. The zero-order valence-electron chi connectivity index (χ0n) is 12.8. The Morgan fingerprint density at radius 3 is 3.00 bits per heavy atom. The van der Waals surface area contributed by atoms with Crippen molar-refractivity contribution in [2.24, 2.45) is 5.92 Å². The first-order chi connectivity index (χ1) is 10.9. The highest BCUT2D eigenvalue weighted by atomic mass is 32.1. The van der Waals surface area contributed by atoms with Gasteiger partial charge in [0.05, 0.1) is 0 Å². The van der Waals surface area contributed by atoms with Gasteiger partial charge in [-0.3, -0.25) is 9.69 Å². The standard InChI is InChI=1S/C15H21F3N2O2S/c16-15(17,18)11-22-10-14(21)19-7-12-3-1-5-20(8-12)9-13-4-2-6-23-13/h2,4,6,12H,1,3,5,7-11H2,(H,19,21). The SMILES string of the molecule is O=C(COCC(F)(F)F)NCC1CCCN(Cc2cccs2)C1. The summed E-state index contributed by atoms with van der Waals surface area (Å²) < 4.78 is 40.1. The van der Waals surface area contributed by atoms with E-state index in [4.69, 9.17) is 0 Å². The minimum Gasteiger partial charge on any atom is -0.362 e. The number of rotatable bonds is 7. The first-order valence-electron chi connectivity index (χ1n) is 7.58. The number of nitrogens with one attached hydrogen (secondary N) is 1. The van der Waals surface area contributed by atoms with Gasteiger partial charge in [-0.25, -0.2) is 0 Å². The smallest absolute Gasteiger partial charge is 0.362 e. The van der Waals surface area contributed by atoms with Gasteiger partial charge in [-0.05, 0) is 36.8 Å². The lowest BCUT2D eigenvalue weighted by Gasteiger charge is -2.32. The third-order valence-electron chi connectivity index (χ3n) is 3.65. The van der Waals surface area contributed by atoms with Crippen molar-refractivity contribution in [3.05, 3.63) is 22.4 Å². The molecule has 8 heteroatoms. The van der Waals surface area contributed by atoms with Gasteiger partial charge in [0.2, 0.25) is 5.91 Å². The molecule has 0 saturated carbocycles. The number of carbonyl (C=O) groups is 1. The molecule has 0 aliphatic carbocycles. The van der Waals surface area contributed by atoms with Gasteiger partial charge in [0.25, 0.3) is 0 Å². The van der Waals surface area contributed by atoms with Crippen molar-refractivity contribution in [2.75, 3.05) is 32.8 Å². The molecule has 1 N–H and O–H groups in total. The predicted octanol–water partition coefficient (Wildman–Crippen LogP) is 2.66. The van der Waals surface area contributed by atoms with Crippen LogP contribution in [-0.2, 0) is 16.1 Å². The van der Waals surface area contributed by atoms with Gasteiger partial charge in [-0.15, -0.1) is 11.3 Å². The van der Waals surface area contributed by atoms with Crippen LogP contribution in [0.1, 0.15) is 17.7 Å². The molecule has 2 heterocycles. The highest BCUT2D eigenvalue weighted by Crippen LogP contribution is 2.20. The van der Waals surface area contributed by atoms with Gasteiger partial charge in [0.1, 0.15) is 13.2 Å². The van der Waals surface area contributed by atoms with E-state index in [-0.39, 0.29) is 0 Å². The number of likely N-dealkylation sites (tertiary alicyclic amines) is 1. The summed E-state index contributed by atoms with van der Waals surface area (Å²) in [5.41, 5.74) is 0. The minimum absolute atomic E-state index is 0.329. The molecule has 0 spiro atoms. The molecule has 0 aromatic carbocycles. The second kappa shape index (κ2) is 8.65. The number of halogens is 3. The summed E-state index contributed by atoms with van der Waals surface area (Å²) in [5.74, 6) is -0.167. The van der Waals surface area contributed by atoms with Crippen molar-refractivity contribution in [2.45, 2.75) is 25.6 Å². The summed E-state index contributed by atoms with van der Waals surface area (Å²) in [7, 11) is 0. The molecule has 1 amide bonds. The third-order valence-corrected chi connectivity index (χ3v) is 4.51. The Morgan fingerprint density at radius 1 is 1.48 bits per heavy atom. The van der Waals surface area contributed by atoms with E-state index in [1.807, 2.05) is 6.07 Å². The highest BCUT2D eigenvalue weighted by Gasteiger charge is 2.28. The molecule has 4 nitrogen and oxygen atoms in total. The zero-order valence-corrected chi connectivity index (χ0v) is 13.6. The molecule has 0 bridgehead atoms. The number of alkyl halides is 3. The molecule has 23 heavy (non-hydrogen) atoms.